The molecular weight excluding hydrogens is 845 g/mol. The van der Waals surface area contributed by atoms with E-state index in [9.17, 15) is 28.8 Å². The number of carbonyl (C=O) groups is 6. The van der Waals surface area contributed by atoms with E-state index < -0.39 is 78.3 Å². The van der Waals surface area contributed by atoms with Crippen LogP contribution in [0.2, 0.25) is 0 Å². The Labute approximate surface area is 395 Å². The van der Waals surface area contributed by atoms with E-state index in [0.717, 1.165) is 5.56 Å². The summed E-state index contributed by atoms with van der Waals surface area (Å²) < 4.78 is 18.3. The third-order valence-corrected chi connectivity index (χ3v) is 13.2. The summed E-state index contributed by atoms with van der Waals surface area (Å²) in [5.74, 6) is -2.83. The van der Waals surface area contributed by atoms with Gasteiger partial charge in [-0.2, -0.15) is 0 Å². The topological polar surface area (TPSA) is 214 Å². The number of hydrogen-bond donors (Lipinski definition) is 5. The molecule has 12 atom stereocenters. The van der Waals surface area contributed by atoms with Gasteiger partial charge in [0.15, 0.2) is 0 Å². The maximum Gasteiger partial charge on any atom is 0.245 e. The minimum Gasteiger partial charge on any atom is -0.379 e. The van der Waals surface area contributed by atoms with Crippen LogP contribution in [0.5, 0.6) is 0 Å². The van der Waals surface area contributed by atoms with Crippen LogP contribution < -0.4 is 27.0 Å². The molecule has 2 rings (SSSR count). The predicted octanol–water partition coefficient (Wildman–Crippen LogP) is 3.46. The highest BCUT2D eigenvalue weighted by molar-refractivity contribution is 5.91. The molecule has 0 radical (unpaired) electrons. The van der Waals surface area contributed by atoms with Crippen molar-refractivity contribution in [1.29, 1.82) is 0 Å². The average Bonchev–Trinajstić information content (AvgIpc) is 3.75. The van der Waals surface area contributed by atoms with Gasteiger partial charge in [0.25, 0.3) is 0 Å². The molecule has 17 nitrogen and oxygen atoms in total. The van der Waals surface area contributed by atoms with Crippen molar-refractivity contribution in [1.82, 2.24) is 36.0 Å². The van der Waals surface area contributed by atoms with E-state index in [0.29, 0.717) is 25.8 Å². The third-order valence-electron chi connectivity index (χ3n) is 13.2. The first kappa shape index (κ1) is 58.0. The molecule has 6 amide bonds. The van der Waals surface area contributed by atoms with Gasteiger partial charge < -0.3 is 51.0 Å². The summed E-state index contributed by atoms with van der Waals surface area (Å²) in [5.41, 5.74) is 6.72. The first-order valence-corrected chi connectivity index (χ1v) is 23.8. The molecule has 66 heavy (non-hydrogen) atoms. The van der Waals surface area contributed by atoms with Crippen LogP contribution in [-0.4, -0.2) is 153 Å². The summed E-state index contributed by atoms with van der Waals surface area (Å²) >= 11 is 0. The fourth-order valence-electron chi connectivity index (χ4n) is 9.05. The minimum atomic E-state index is -0.853. The van der Waals surface area contributed by atoms with Crippen LogP contribution in [0.25, 0.3) is 0 Å². The Bertz CT molecular complexity index is 1690. The molecular formula is C49H86N8O9. The molecule has 1 saturated heterocycles. The van der Waals surface area contributed by atoms with Gasteiger partial charge in [-0.05, 0) is 70.0 Å². The lowest BCUT2D eigenvalue weighted by molar-refractivity contribution is -0.148. The highest BCUT2D eigenvalue weighted by atomic mass is 16.5. The van der Waals surface area contributed by atoms with Gasteiger partial charge in [0, 0.05) is 27.8 Å². The number of carbonyl (C=O) groups excluding carboxylic acids is 6. The molecule has 1 aromatic rings. The van der Waals surface area contributed by atoms with E-state index >= 15 is 0 Å². The van der Waals surface area contributed by atoms with Crippen LogP contribution in [0.3, 0.4) is 0 Å². The number of nitrogens with two attached hydrogens (primary N) is 1. The van der Waals surface area contributed by atoms with Gasteiger partial charge in [-0.3, -0.25) is 33.7 Å². The molecule has 17 heteroatoms. The Balaban J connectivity index is 2.24. The molecule has 0 aliphatic carbocycles. The van der Waals surface area contributed by atoms with Gasteiger partial charge in [-0.15, -0.1) is 0 Å². The molecule has 0 saturated carbocycles. The van der Waals surface area contributed by atoms with Crippen LogP contribution in [0, 0.1) is 29.6 Å². The van der Waals surface area contributed by atoms with Crippen LogP contribution in [0.4, 0.5) is 0 Å². The second-order valence-electron chi connectivity index (χ2n) is 19.5. The molecule has 0 bridgehead atoms. The minimum absolute atomic E-state index is 0.00824. The fourth-order valence-corrected chi connectivity index (χ4v) is 9.05. The number of amides is 6. The standard InChI is InChI=1S/C49H86N8O9/c1-17-31(8)42(56(14)49(63)40(29(4)5)54-48(62)41(30(6)7)55(12)13)37(64-15)26-38(58)57-25-21-24-36(57)43(65-16)32(9)45(59)52-33(10)44(35-22-19-18-20-23-35)66-27-51-46(60)34(11)53-47(61)39(50)28(2)3/h18-20,22-23,28-34,36-37,39-44H,17,21,24-27,50H2,1-16H3,(H,51,60)(H,52,59)(H,53,61)(H,54,62)/t31-,32+,33+,34-,36-,37+,39-,40-,41-,42-,43+,44+/m0/s1. The number of rotatable bonds is 27. The SMILES string of the molecule is CC[C@H](C)[C@@H]([C@@H](CC(=O)N1CCC[C@H]1[C@H](OC)[C@@H](C)C(=O)N[C@H](C)[C@@H](OCNC(=O)[C@H](C)NC(=O)[C@@H](N)C(C)C)c1ccccc1)OC)N(C)C(=O)[C@@H](NC(=O)[C@H](C(C)C)N(C)C)C(C)C. The van der Waals surface area contributed by atoms with Crippen molar-refractivity contribution in [3.05, 3.63) is 35.9 Å². The van der Waals surface area contributed by atoms with Crippen molar-refractivity contribution in [2.24, 2.45) is 35.3 Å². The maximum atomic E-state index is 14.4. The predicted molar refractivity (Wildman–Crippen MR) is 257 cm³/mol. The van der Waals surface area contributed by atoms with Crippen molar-refractivity contribution in [3.8, 4) is 0 Å². The van der Waals surface area contributed by atoms with E-state index in [-0.39, 0.29) is 60.5 Å². The van der Waals surface area contributed by atoms with Crippen molar-refractivity contribution in [2.75, 3.05) is 48.6 Å². The number of likely N-dealkylation sites (tertiary alicyclic amines) is 1. The van der Waals surface area contributed by atoms with E-state index in [4.69, 9.17) is 19.9 Å². The lowest BCUT2D eigenvalue weighted by Gasteiger charge is -2.41. The maximum absolute atomic E-state index is 14.4. The molecule has 6 N–H and O–H groups in total. The third kappa shape index (κ3) is 16.0. The van der Waals surface area contributed by atoms with Gasteiger partial charge in [-0.25, -0.2) is 0 Å². The van der Waals surface area contributed by atoms with Crippen LogP contribution in [0.15, 0.2) is 30.3 Å². The Kier molecular flexibility index (Phi) is 24.2. The number of likely N-dealkylation sites (N-methyl/N-ethyl adjacent to an activating group) is 2. The van der Waals surface area contributed by atoms with Crippen LogP contribution in [0.1, 0.15) is 114 Å². The summed E-state index contributed by atoms with van der Waals surface area (Å²) in [4.78, 5) is 87.0. The van der Waals surface area contributed by atoms with Gasteiger partial charge >= 0.3 is 0 Å². The first-order chi connectivity index (χ1) is 30.9. The van der Waals surface area contributed by atoms with Crippen molar-refractivity contribution >= 4 is 35.4 Å². The summed E-state index contributed by atoms with van der Waals surface area (Å²) in [6.07, 6.45) is 0.0711. The van der Waals surface area contributed by atoms with Crippen molar-refractivity contribution in [2.45, 2.75) is 162 Å². The Morgan fingerprint density at radius 3 is 1.92 bits per heavy atom. The van der Waals surface area contributed by atoms with E-state index in [1.165, 1.54) is 0 Å². The number of benzene rings is 1. The van der Waals surface area contributed by atoms with Gasteiger partial charge in [0.2, 0.25) is 35.4 Å². The largest absolute Gasteiger partial charge is 0.379 e. The van der Waals surface area contributed by atoms with Crippen molar-refractivity contribution < 1.29 is 43.0 Å². The molecule has 0 aromatic heterocycles. The van der Waals surface area contributed by atoms with Gasteiger partial charge in [-0.1, -0.05) is 99.1 Å². The number of ether oxygens (including phenoxy) is 3. The normalized spacial score (nSPS) is 19.2. The second-order valence-corrected chi connectivity index (χ2v) is 19.5. The summed E-state index contributed by atoms with van der Waals surface area (Å²) in [7, 11) is 8.52. The highest BCUT2D eigenvalue weighted by Crippen LogP contribution is 2.30. The van der Waals surface area contributed by atoms with Crippen LogP contribution >= 0.6 is 0 Å². The lowest BCUT2D eigenvalue weighted by atomic mass is 9.89. The summed E-state index contributed by atoms with van der Waals surface area (Å²) in [5, 5.41) is 11.5. The molecule has 1 aliphatic rings. The fraction of sp³-hybridized carbons (Fsp3) is 0.755. The van der Waals surface area contributed by atoms with E-state index in [1.807, 2.05) is 112 Å². The summed E-state index contributed by atoms with van der Waals surface area (Å²) in [6, 6.07) is 5.06. The smallest absolute Gasteiger partial charge is 0.245 e. The molecule has 1 aromatic carbocycles. The monoisotopic (exact) mass is 931 g/mol. The Hall–Kier alpha value is -4.16. The summed E-state index contributed by atoms with van der Waals surface area (Å²) in [6.45, 7) is 20.9. The number of nitrogens with zero attached hydrogens (tertiary/aromatic N) is 3. The Morgan fingerprint density at radius 2 is 1.41 bits per heavy atom. The molecule has 1 aliphatic heterocycles. The molecule has 1 fully saturated rings. The van der Waals surface area contributed by atoms with Crippen molar-refractivity contribution in [3.63, 3.8) is 0 Å². The second kappa shape index (κ2) is 27.6. The van der Waals surface area contributed by atoms with Gasteiger partial charge in [0.05, 0.1) is 54.8 Å². The van der Waals surface area contributed by atoms with E-state index in [2.05, 4.69) is 21.3 Å². The molecule has 1 heterocycles. The van der Waals surface area contributed by atoms with E-state index in [1.54, 1.807) is 44.9 Å². The average molecular weight is 931 g/mol. The lowest BCUT2D eigenvalue weighted by Crippen LogP contribution is -2.59. The zero-order valence-electron chi connectivity index (χ0n) is 42.9. The zero-order valence-corrected chi connectivity index (χ0v) is 42.9. The quantitative estimate of drug-likeness (QED) is 0.0807. The number of nitrogens with one attached hydrogen (secondary N) is 4. The number of hydrogen-bond acceptors (Lipinski definition) is 11. The van der Waals surface area contributed by atoms with Crippen LogP contribution in [-0.2, 0) is 43.0 Å². The molecule has 376 valence electrons. The molecule has 0 unspecified atom stereocenters. The highest BCUT2D eigenvalue weighted by Gasteiger charge is 2.43. The molecule has 0 spiro atoms. The van der Waals surface area contributed by atoms with Gasteiger partial charge in [0.1, 0.15) is 24.9 Å². The zero-order chi connectivity index (χ0) is 50.2. The first-order valence-electron chi connectivity index (χ1n) is 23.8. The number of methoxy groups -OCH3 is 2. The Morgan fingerprint density at radius 1 is 0.788 bits per heavy atom.